The molecule has 0 nitrogen and oxygen atoms in total. The van der Waals surface area contributed by atoms with Gasteiger partial charge in [-0.1, -0.05) is 0 Å². The van der Waals surface area contributed by atoms with Gasteiger partial charge in [-0.15, -0.1) is 0 Å². The molecule has 0 spiro atoms. The summed E-state index contributed by atoms with van der Waals surface area (Å²) in [6.07, 6.45) is 0. The van der Waals surface area contributed by atoms with Crippen LogP contribution in [0.15, 0.2) is 43.4 Å². The zero-order chi connectivity index (χ0) is 17.9. The van der Waals surface area contributed by atoms with Crippen molar-refractivity contribution in [1.29, 1.82) is 0 Å². The quantitative estimate of drug-likeness (QED) is 0.200. The molecule has 126 valence electrons. The molecule has 0 heterocycles. The molecule has 2 aromatic carbocycles. The van der Waals surface area contributed by atoms with Gasteiger partial charge in [-0.05, 0) is 142 Å². The van der Waals surface area contributed by atoms with E-state index >= 15 is 0 Å². The van der Waals surface area contributed by atoms with Crippen molar-refractivity contribution in [3.05, 3.63) is 60.4 Å². The average molecular weight is 773 g/mol. The largest absolute Gasteiger partial charge is 0.246 e. The van der Waals surface area contributed by atoms with Crippen molar-refractivity contribution in [2.24, 2.45) is 0 Å². The van der Waals surface area contributed by atoms with E-state index in [1.807, 2.05) is 6.92 Å². The van der Waals surface area contributed by atoms with Crippen molar-refractivity contribution in [3.8, 4) is 0 Å². The van der Waals surface area contributed by atoms with Crippen LogP contribution in [-0.2, 0) is 6.67 Å². The Morgan fingerprint density at radius 3 is 1.48 bits per heavy atom. The highest BCUT2D eigenvalue weighted by atomic mass is 79.9. The smallest absolute Gasteiger partial charge is 0.153 e. The predicted molar refractivity (Wildman–Crippen MR) is 116 cm³/mol. The van der Waals surface area contributed by atoms with Gasteiger partial charge in [-0.25, -0.2) is 8.78 Å². The second kappa shape index (κ2) is 10.1. The van der Waals surface area contributed by atoms with Crippen molar-refractivity contribution < 1.29 is 8.78 Å². The maximum Gasteiger partial charge on any atom is 0.153 e. The molecule has 0 aliphatic rings. The van der Waals surface area contributed by atoms with Crippen molar-refractivity contribution in [2.75, 3.05) is 0 Å². The molecule has 0 N–H and O–H groups in total. The maximum absolute atomic E-state index is 13.3. The molecule has 0 aromatic heterocycles. The SMILES string of the molecule is Cc1c(Br)c(Br)c(F)c(Br)c1Br.FCc1cc(Br)c(Br)c(Br)c1. The summed E-state index contributed by atoms with van der Waals surface area (Å²) in [5.74, 6) is -0.306. The molecule has 0 bridgehead atoms. The topological polar surface area (TPSA) is 0 Å². The Labute approximate surface area is 192 Å². The maximum atomic E-state index is 13.3. The van der Waals surface area contributed by atoms with Crippen LogP contribution in [0.4, 0.5) is 8.78 Å². The van der Waals surface area contributed by atoms with E-state index in [9.17, 15) is 8.78 Å². The van der Waals surface area contributed by atoms with E-state index < -0.39 is 6.67 Å². The van der Waals surface area contributed by atoms with Gasteiger partial charge in [0.2, 0.25) is 0 Å². The van der Waals surface area contributed by atoms with Gasteiger partial charge in [0.15, 0.2) is 5.82 Å². The summed E-state index contributed by atoms with van der Waals surface area (Å²) < 4.78 is 30.4. The number of hydrogen-bond acceptors (Lipinski definition) is 0. The van der Waals surface area contributed by atoms with Crippen LogP contribution < -0.4 is 0 Å². The molecule has 0 aliphatic heterocycles. The third-order valence-corrected chi connectivity index (χ3v) is 10.3. The Morgan fingerprint density at radius 1 is 0.739 bits per heavy atom. The second-order valence-corrected chi connectivity index (χ2v) is 9.88. The van der Waals surface area contributed by atoms with Crippen LogP contribution in [0.25, 0.3) is 0 Å². The lowest BCUT2D eigenvalue weighted by molar-refractivity contribution is 0.485. The Kier molecular flexibility index (Phi) is 9.98. The van der Waals surface area contributed by atoms with E-state index in [2.05, 4.69) is 112 Å². The summed E-state index contributed by atoms with van der Waals surface area (Å²) in [6, 6.07) is 3.49. The minimum atomic E-state index is -0.440. The molecule has 23 heavy (non-hydrogen) atoms. The highest BCUT2D eigenvalue weighted by molar-refractivity contribution is 9.14. The van der Waals surface area contributed by atoms with Gasteiger partial charge in [0.1, 0.15) is 6.67 Å². The van der Waals surface area contributed by atoms with Gasteiger partial charge in [-0.2, -0.15) is 0 Å². The van der Waals surface area contributed by atoms with Gasteiger partial charge in [-0.3, -0.25) is 0 Å². The van der Waals surface area contributed by atoms with Crippen molar-refractivity contribution in [3.63, 3.8) is 0 Å². The highest BCUT2D eigenvalue weighted by Gasteiger charge is 2.15. The second-order valence-electron chi connectivity index (χ2n) is 4.20. The molecule has 9 heteroatoms. The minimum Gasteiger partial charge on any atom is -0.246 e. The monoisotopic (exact) mass is 765 g/mol. The van der Waals surface area contributed by atoms with Gasteiger partial charge >= 0.3 is 0 Å². The zero-order valence-electron chi connectivity index (χ0n) is 11.3. The lowest BCUT2D eigenvalue weighted by Gasteiger charge is -2.07. The molecule has 0 saturated carbocycles. The Hall–Kier alpha value is 1.66. The fourth-order valence-electron chi connectivity index (χ4n) is 1.40. The number of alkyl halides is 1. The molecule has 0 unspecified atom stereocenters. The fourth-order valence-corrected chi connectivity index (χ4v) is 5.18. The fraction of sp³-hybridized carbons (Fsp3) is 0.143. The Balaban J connectivity index is 0.000000231. The minimum absolute atomic E-state index is 0.306. The average Bonchev–Trinajstić information content (AvgIpc) is 2.54. The zero-order valence-corrected chi connectivity index (χ0v) is 22.4. The molecule has 0 radical (unpaired) electrons. The van der Waals surface area contributed by atoms with Crippen molar-refractivity contribution in [2.45, 2.75) is 13.6 Å². The van der Waals surface area contributed by atoms with Gasteiger partial charge in [0, 0.05) is 22.4 Å². The van der Waals surface area contributed by atoms with Crippen LogP contribution in [0.1, 0.15) is 11.1 Å². The number of rotatable bonds is 1. The summed E-state index contributed by atoms with van der Waals surface area (Å²) in [4.78, 5) is 0. The van der Waals surface area contributed by atoms with E-state index in [1.54, 1.807) is 12.1 Å². The van der Waals surface area contributed by atoms with Crippen LogP contribution in [0.5, 0.6) is 0 Å². The van der Waals surface area contributed by atoms with E-state index in [-0.39, 0.29) is 5.82 Å². The third kappa shape index (κ3) is 5.82. The standard InChI is InChI=1S/C7H3Br4F.C7H4Br3F/c1-2-3(8)5(10)7(12)6(11)4(2)9;8-5-1-4(3-11)2-6(9)7(5)10/h1H3;1-2H,3H2. The number of halogens is 9. The van der Waals surface area contributed by atoms with Crippen molar-refractivity contribution in [1.82, 2.24) is 0 Å². The molecule has 0 aliphatic carbocycles. The molecule has 0 atom stereocenters. The van der Waals surface area contributed by atoms with Gasteiger partial charge in [0.05, 0.1) is 8.95 Å². The summed E-state index contributed by atoms with van der Waals surface area (Å²) in [5.41, 5.74) is 1.61. The van der Waals surface area contributed by atoms with Crippen LogP contribution in [-0.4, -0.2) is 0 Å². The first-order valence-corrected chi connectivity index (χ1v) is 11.3. The summed E-state index contributed by atoms with van der Waals surface area (Å²) in [7, 11) is 0. The van der Waals surface area contributed by atoms with Crippen molar-refractivity contribution >= 4 is 112 Å². The summed E-state index contributed by atoms with van der Waals surface area (Å²) in [6.45, 7) is 1.45. The number of hydrogen-bond donors (Lipinski definition) is 0. The lowest BCUT2D eigenvalue weighted by Crippen LogP contribution is -1.88. The Bertz CT molecular complexity index is 604. The van der Waals surface area contributed by atoms with Crippen LogP contribution in [0.2, 0.25) is 0 Å². The molecule has 2 aromatic rings. The van der Waals surface area contributed by atoms with E-state index in [0.29, 0.717) is 14.5 Å². The Morgan fingerprint density at radius 2 is 1.13 bits per heavy atom. The van der Waals surface area contributed by atoms with Crippen LogP contribution >= 0.6 is 112 Å². The van der Waals surface area contributed by atoms with Gasteiger partial charge in [0.25, 0.3) is 0 Å². The molecule has 2 rings (SSSR count). The van der Waals surface area contributed by atoms with E-state index in [0.717, 1.165) is 27.9 Å². The molecular formula is C14H7Br7F2. The van der Waals surface area contributed by atoms with E-state index in [1.165, 1.54) is 0 Å². The molecular weight excluding hydrogens is 765 g/mol. The van der Waals surface area contributed by atoms with Gasteiger partial charge < -0.3 is 0 Å². The summed E-state index contributed by atoms with van der Waals surface area (Å²) in [5, 5.41) is 0. The molecule has 0 fully saturated rings. The first-order chi connectivity index (χ1) is 10.6. The number of benzene rings is 2. The van der Waals surface area contributed by atoms with Crippen LogP contribution in [0, 0.1) is 12.7 Å². The summed E-state index contributed by atoms with van der Waals surface area (Å²) >= 11 is 22.8. The first-order valence-electron chi connectivity index (χ1n) is 5.79. The highest BCUT2D eigenvalue weighted by Crippen LogP contribution is 2.40. The first kappa shape index (κ1) is 22.7. The third-order valence-electron chi connectivity index (χ3n) is 2.63. The van der Waals surface area contributed by atoms with Crippen LogP contribution in [0.3, 0.4) is 0 Å². The molecule has 0 saturated heterocycles. The predicted octanol–water partition coefficient (Wildman–Crippen LogP) is 9.63. The lowest BCUT2D eigenvalue weighted by atomic mass is 10.2. The molecule has 0 amide bonds. The van der Waals surface area contributed by atoms with E-state index in [4.69, 9.17) is 0 Å². The normalized spacial score (nSPS) is 10.3.